The summed E-state index contributed by atoms with van der Waals surface area (Å²) in [6.07, 6.45) is 3.28. The summed E-state index contributed by atoms with van der Waals surface area (Å²) >= 11 is 3.26. The zero-order valence-electron chi connectivity index (χ0n) is 10.8. The molecule has 2 N–H and O–H groups in total. The van der Waals surface area contributed by atoms with Crippen molar-refractivity contribution in [3.8, 4) is 0 Å². The average molecular weight is 356 g/mol. The SMILES string of the molecule is CN(Cc1cccnc1)S(=O)(=O)c1cc(Br)ccc1N. The molecule has 0 saturated carbocycles. The Morgan fingerprint density at radius 2 is 2.10 bits per heavy atom. The summed E-state index contributed by atoms with van der Waals surface area (Å²) in [4.78, 5) is 4.07. The van der Waals surface area contributed by atoms with Crippen LogP contribution in [-0.2, 0) is 16.6 Å². The molecule has 106 valence electrons. The second-order valence-corrected chi connectivity index (χ2v) is 7.23. The third kappa shape index (κ3) is 3.17. The fourth-order valence-electron chi connectivity index (χ4n) is 1.73. The number of hydrogen-bond donors (Lipinski definition) is 1. The highest BCUT2D eigenvalue weighted by Crippen LogP contribution is 2.26. The Balaban J connectivity index is 2.32. The van der Waals surface area contributed by atoms with Crippen LogP contribution in [0.25, 0.3) is 0 Å². The summed E-state index contributed by atoms with van der Waals surface area (Å²) in [5, 5.41) is 0. The van der Waals surface area contributed by atoms with Crippen LogP contribution >= 0.6 is 15.9 Å². The van der Waals surface area contributed by atoms with Crippen LogP contribution in [0.2, 0.25) is 0 Å². The van der Waals surface area contributed by atoms with E-state index in [1.165, 1.54) is 17.4 Å². The predicted octanol–water partition coefficient (Wildman–Crippen LogP) is 2.25. The highest BCUT2D eigenvalue weighted by molar-refractivity contribution is 9.10. The van der Waals surface area contributed by atoms with Gasteiger partial charge in [-0.3, -0.25) is 4.98 Å². The van der Waals surface area contributed by atoms with E-state index in [1.807, 2.05) is 6.07 Å². The molecule has 0 saturated heterocycles. The van der Waals surface area contributed by atoms with E-state index in [0.717, 1.165) is 5.56 Å². The molecule has 1 aromatic heterocycles. The standard InChI is InChI=1S/C13H14BrN3O2S/c1-17(9-10-3-2-6-16-8-10)20(18,19)13-7-11(14)4-5-12(13)15/h2-8H,9,15H2,1H3. The molecule has 0 fully saturated rings. The van der Waals surface area contributed by atoms with Gasteiger partial charge in [0.1, 0.15) is 4.90 Å². The molecule has 2 rings (SSSR count). The first kappa shape index (κ1) is 15.0. The Hall–Kier alpha value is -1.44. The van der Waals surface area contributed by atoms with Crippen molar-refractivity contribution < 1.29 is 8.42 Å². The fourth-order valence-corrected chi connectivity index (χ4v) is 3.54. The summed E-state index contributed by atoms with van der Waals surface area (Å²) in [7, 11) is -2.12. The molecule has 20 heavy (non-hydrogen) atoms. The Bertz CT molecular complexity index is 705. The van der Waals surface area contributed by atoms with Gasteiger partial charge >= 0.3 is 0 Å². The summed E-state index contributed by atoms with van der Waals surface area (Å²) < 4.78 is 26.9. The largest absolute Gasteiger partial charge is 0.398 e. The second kappa shape index (κ2) is 5.90. The van der Waals surface area contributed by atoms with Crippen LogP contribution in [0.3, 0.4) is 0 Å². The Labute approximate surface area is 126 Å². The quantitative estimate of drug-likeness (QED) is 0.853. The first-order chi connectivity index (χ1) is 9.41. The van der Waals surface area contributed by atoms with Gasteiger partial charge in [-0.05, 0) is 29.8 Å². The minimum atomic E-state index is -3.64. The van der Waals surface area contributed by atoms with Gasteiger partial charge in [0, 0.05) is 30.5 Å². The lowest BCUT2D eigenvalue weighted by molar-refractivity contribution is 0.466. The lowest BCUT2D eigenvalue weighted by Gasteiger charge is -2.18. The van der Waals surface area contributed by atoms with Crippen molar-refractivity contribution in [1.29, 1.82) is 0 Å². The molecule has 0 aliphatic carbocycles. The molecule has 0 amide bonds. The van der Waals surface area contributed by atoms with Crippen molar-refractivity contribution >= 4 is 31.6 Å². The smallest absolute Gasteiger partial charge is 0.245 e. The number of nitrogen functional groups attached to an aromatic ring is 1. The molecule has 1 aromatic carbocycles. The van der Waals surface area contributed by atoms with Crippen LogP contribution < -0.4 is 5.73 Å². The predicted molar refractivity (Wildman–Crippen MR) is 81.4 cm³/mol. The van der Waals surface area contributed by atoms with Crippen molar-refractivity contribution in [1.82, 2.24) is 9.29 Å². The molecule has 5 nitrogen and oxygen atoms in total. The number of aromatic nitrogens is 1. The van der Waals surface area contributed by atoms with E-state index in [1.54, 1.807) is 30.6 Å². The molecular formula is C13H14BrN3O2S. The lowest BCUT2D eigenvalue weighted by Crippen LogP contribution is -2.27. The van der Waals surface area contributed by atoms with E-state index < -0.39 is 10.0 Å². The fraction of sp³-hybridized carbons (Fsp3) is 0.154. The van der Waals surface area contributed by atoms with Gasteiger partial charge in [0.2, 0.25) is 10.0 Å². The van der Waals surface area contributed by atoms with Gasteiger partial charge in [0.15, 0.2) is 0 Å². The third-order valence-electron chi connectivity index (χ3n) is 2.79. The lowest BCUT2D eigenvalue weighted by atomic mass is 10.3. The summed E-state index contributed by atoms with van der Waals surface area (Å²) in [6, 6.07) is 8.36. The molecule has 1 heterocycles. The van der Waals surface area contributed by atoms with E-state index in [0.29, 0.717) is 4.47 Å². The summed E-state index contributed by atoms with van der Waals surface area (Å²) in [5.74, 6) is 0. The maximum atomic E-state index is 12.5. The van der Waals surface area contributed by atoms with Crippen LogP contribution in [0.15, 0.2) is 52.1 Å². The van der Waals surface area contributed by atoms with Crippen molar-refractivity contribution in [2.45, 2.75) is 11.4 Å². The second-order valence-electron chi connectivity index (χ2n) is 4.30. The number of halogens is 1. The van der Waals surface area contributed by atoms with Crippen LogP contribution in [0.4, 0.5) is 5.69 Å². The van der Waals surface area contributed by atoms with E-state index in [2.05, 4.69) is 20.9 Å². The molecule has 0 aliphatic rings. The minimum absolute atomic E-state index is 0.0956. The number of sulfonamides is 1. The van der Waals surface area contributed by atoms with E-state index >= 15 is 0 Å². The van der Waals surface area contributed by atoms with Gasteiger partial charge < -0.3 is 5.73 Å². The van der Waals surface area contributed by atoms with Crippen LogP contribution in [0.5, 0.6) is 0 Å². The number of hydrogen-bond acceptors (Lipinski definition) is 4. The molecule has 0 unspecified atom stereocenters. The Kier molecular flexibility index (Phi) is 4.42. The summed E-state index contributed by atoms with van der Waals surface area (Å²) in [6.45, 7) is 0.238. The topological polar surface area (TPSA) is 76.3 Å². The molecule has 0 bridgehead atoms. The molecule has 7 heteroatoms. The minimum Gasteiger partial charge on any atom is -0.398 e. The van der Waals surface area contributed by atoms with Crippen molar-refractivity contribution in [2.75, 3.05) is 12.8 Å². The van der Waals surface area contributed by atoms with Crippen LogP contribution in [0, 0.1) is 0 Å². The highest BCUT2D eigenvalue weighted by atomic mass is 79.9. The number of rotatable bonds is 4. The van der Waals surface area contributed by atoms with E-state index in [9.17, 15) is 8.42 Å². The van der Waals surface area contributed by atoms with Gasteiger partial charge in [-0.25, -0.2) is 8.42 Å². The third-order valence-corrected chi connectivity index (χ3v) is 5.14. The molecule has 0 radical (unpaired) electrons. The van der Waals surface area contributed by atoms with Crippen LogP contribution in [-0.4, -0.2) is 24.8 Å². The van der Waals surface area contributed by atoms with Gasteiger partial charge in [0.25, 0.3) is 0 Å². The highest BCUT2D eigenvalue weighted by Gasteiger charge is 2.23. The zero-order chi connectivity index (χ0) is 14.8. The van der Waals surface area contributed by atoms with E-state index in [-0.39, 0.29) is 17.1 Å². The number of pyridine rings is 1. The normalized spacial score (nSPS) is 11.8. The van der Waals surface area contributed by atoms with Crippen molar-refractivity contribution in [2.24, 2.45) is 0 Å². The molecular weight excluding hydrogens is 342 g/mol. The Morgan fingerprint density at radius 1 is 1.35 bits per heavy atom. The molecule has 2 aromatic rings. The number of benzene rings is 1. The number of nitrogens with zero attached hydrogens (tertiary/aromatic N) is 2. The van der Waals surface area contributed by atoms with Gasteiger partial charge in [-0.2, -0.15) is 4.31 Å². The zero-order valence-corrected chi connectivity index (χ0v) is 13.2. The van der Waals surface area contributed by atoms with E-state index in [4.69, 9.17) is 5.73 Å². The Morgan fingerprint density at radius 3 is 2.75 bits per heavy atom. The van der Waals surface area contributed by atoms with Gasteiger partial charge in [-0.1, -0.05) is 22.0 Å². The molecule has 0 aliphatic heterocycles. The maximum Gasteiger partial charge on any atom is 0.245 e. The number of nitrogens with two attached hydrogens (primary N) is 1. The maximum absolute atomic E-state index is 12.5. The van der Waals surface area contributed by atoms with Gasteiger partial charge in [-0.15, -0.1) is 0 Å². The van der Waals surface area contributed by atoms with Crippen molar-refractivity contribution in [3.63, 3.8) is 0 Å². The average Bonchev–Trinajstić information content (AvgIpc) is 2.42. The first-order valence-corrected chi connectivity index (χ1v) is 8.05. The summed E-state index contributed by atoms with van der Waals surface area (Å²) in [5.41, 5.74) is 6.81. The van der Waals surface area contributed by atoms with Crippen molar-refractivity contribution in [3.05, 3.63) is 52.8 Å². The molecule has 0 spiro atoms. The molecule has 0 atom stereocenters. The number of anilines is 1. The van der Waals surface area contributed by atoms with Crippen LogP contribution in [0.1, 0.15) is 5.56 Å². The first-order valence-electron chi connectivity index (χ1n) is 5.81. The van der Waals surface area contributed by atoms with Gasteiger partial charge in [0.05, 0.1) is 5.69 Å². The monoisotopic (exact) mass is 355 g/mol.